The Hall–Kier alpha value is -4.03. The number of sulfonamides is 2. The minimum atomic E-state index is -3.97. The van der Waals surface area contributed by atoms with E-state index in [0.29, 0.717) is 16.9 Å². The van der Waals surface area contributed by atoms with Crippen LogP contribution in [0.2, 0.25) is 0 Å². The van der Waals surface area contributed by atoms with Crippen LogP contribution in [0.25, 0.3) is 12.2 Å². The van der Waals surface area contributed by atoms with Gasteiger partial charge in [-0.25, -0.2) is 26.4 Å². The lowest BCUT2D eigenvalue weighted by Gasteiger charge is -2.16. The number of thioether (sulfide) groups is 1. The molecule has 0 amide bonds. The highest BCUT2D eigenvalue weighted by Gasteiger charge is 2.26. The lowest BCUT2D eigenvalue weighted by Crippen LogP contribution is -2.41. The molecule has 2 aromatic carbocycles. The average molecular weight is 701 g/mol. The number of carboxylic acids is 4. The smallest absolute Gasteiger partial charge is 0.328 e. The molecular weight excluding hydrogens is 665 g/mol. The van der Waals surface area contributed by atoms with Crippen molar-refractivity contribution in [2.45, 2.75) is 48.6 Å². The summed E-state index contributed by atoms with van der Waals surface area (Å²) in [6.45, 7) is 3.60. The van der Waals surface area contributed by atoms with Crippen LogP contribution in [-0.2, 0) is 39.2 Å². The number of aliphatic carboxylic acids is 4. The van der Waals surface area contributed by atoms with Gasteiger partial charge in [-0.05, 0) is 78.3 Å². The van der Waals surface area contributed by atoms with Crippen LogP contribution in [0.1, 0.15) is 37.8 Å². The van der Waals surface area contributed by atoms with Crippen LogP contribution < -0.4 is 9.44 Å². The number of hydrogen-bond acceptors (Lipinski definition) is 9. The van der Waals surface area contributed by atoms with Crippen LogP contribution in [0.15, 0.2) is 70.5 Å². The summed E-state index contributed by atoms with van der Waals surface area (Å²) in [7, 11) is -7.93. The van der Waals surface area contributed by atoms with Crippen molar-refractivity contribution in [3.63, 3.8) is 0 Å². The van der Waals surface area contributed by atoms with Gasteiger partial charge in [0, 0.05) is 12.2 Å². The van der Waals surface area contributed by atoms with Gasteiger partial charge >= 0.3 is 23.9 Å². The second kappa shape index (κ2) is 18.8. The zero-order chi connectivity index (χ0) is 35.1. The summed E-state index contributed by atoms with van der Waals surface area (Å²) in [6.07, 6.45) is 6.67. The first-order chi connectivity index (χ1) is 21.4. The van der Waals surface area contributed by atoms with E-state index in [1.807, 2.05) is 0 Å². The summed E-state index contributed by atoms with van der Waals surface area (Å²) in [5.41, 5.74) is 1.03. The summed E-state index contributed by atoms with van der Waals surface area (Å²) >= 11 is 1.43. The number of carbonyl (C=O) groups is 4. The zero-order valence-electron chi connectivity index (χ0n) is 25.1. The minimum Gasteiger partial charge on any atom is -0.480 e. The van der Waals surface area contributed by atoms with E-state index in [2.05, 4.69) is 9.44 Å². The Labute approximate surface area is 271 Å². The van der Waals surface area contributed by atoms with Gasteiger partial charge in [0.25, 0.3) is 0 Å². The first-order valence-electron chi connectivity index (χ1n) is 13.4. The lowest BCUT2D eigenvalue weighted by molar-refractivity contribution is -0.140. The fraction of sp³-hybridized carbons (Fsp3) is 0.310. The molecule has 0 bridgehead atoms. The first-order valence-corrected chi connectivity index (χ1v) is 17.7. The molecule has 17 heteroatoms. The van der Waals surface area contributed by atoms with Gasteiger partial charge in [0.15, 0.2) is 0 Å². The maximum Gasteiger partial charge on any atom is 0.328 e. The molecule has 46 heavy (non-hydrogen) atoms. The Morgan fingerprint density at radius 3 is 1.37 bits per heavy atom. The molecule has 14 nitrogen and oxygen atoms in total. The second-order valence-electron chi connectivity index (χ2n) is 9.92. The Morgan fingerprint density at radius 2 is 1.07 bits per heavy atom. The van der Waals surface area contributed by atoms with Gasteiger partial charge in [-0.3, -0.25) is 9.59 Å². The van der Waals surface area contributed by atoms with E-state index in [0.717, 1.165) is 12.2 Å². The number of carboxylic acid groups (broad SMARTS) is 4. The number of nitrogens with one attached hydrogen (secondary N) is 2. The fourth-order valence-corrected chi connectivity index (χ4v) is 6.40. The molecule has 2 atom stereocenters. The maximum atomic E-state index is 12.2. The van der Waals surface area contributed by atoms with Crippen LogP contribution in [0, 0.1) is 5.92 Å². The van der Waals surface area contributed by atoms with E-state index in [-0.39, 0.29) is 28.6 Å². The number of benzene rings is 2. The molecule has 0 fully saturated rings. The molecule has 0 aliphatic rings. The van der Waals surface area contributed by atoms with Crippen molar-refractivity contribution in [3.05, 3.63) is 71.8 Å². The van der Waals surface area contributed by atoms with Crippen molar-refractivity contribution in [2.75, 3.05) is 12.0 Å². The largest absolute Gasteiger partial charge is 0.480 e. The molecule has 0 aliphatic carbocycles. The van der Waals surface area contributed by atoms with E-state index in [1.165, 1.54) is 72.4 Å². The molecule has 0 radical (unpaired) electrons. The van der Waals surface area contributed by atoms with Gasteiger partial charge in [-0.1, -0.05) is 38.1 Å². The molecule has 0 heterocycles. The van der Waals surface area contributed by atoms with Gasteiger partial charge in [0.05, 0.1) is 9.79 Å². The van der Waals surface area contributed by atoms with Crippen molar-refractivity contribution >= 4 is 67.8 Å². The van der Waals surface area contributed by atoms with Crippen LogP contribution >= 0.6 is 11.8 Å². The van der Waals surface area contributed by atoms with E-state index in [4.69, 9.17) is 20.4 Å². The van der Waals surface area contributed by atoms with Gasteiger partial charge < -0.3 is 20.4 Å². The van der Waals surface area contributed by atoms with Crippen molar-refractivity contribution in [1.29, 1.82) is 0 Å². The van der Waals surface area contributed by atoms with Gasteiger partial charge in [0.1, 0.15) is 12.1 Å². The molecule has 0 aliphatic heterocycles. The molecule has 2 aromatic rings. The zero-order valence-corrected chi connectivity index (χ0v) is 27.5. The Bertz CT molecular complexity index is 1620. The first kappa shape index (κ1) is 40.0. The Kier molecular flexibility index (Phi) is 16.4. The number of rotatable bonds is 17. The molecule has 0 spiro atoms. The highest BCUT2D eigenvalue weighted by atomic mass is 32.2. The van der Waals surface area contributed by atoms with E-state index < -0.39 is 56.0 Å². The number of hydrogen-bond donors (Lipinski definition) is 6. The van der Waals surface area contributed by atoms with Gasteiger partial charge in [0.2, 0.25) is 20.0 Å². The monoisotopic (exact) mass is 700 g/mol. The molecule has 252 valence electrons. The van der Waals surface area contributed by atoms with Crippen molar-refractivity contribution < 1.29 is 56.4 Å². The van der Waals surface area contributed by atoms with Crippen molar-refractivity contribution in [3.8, 4) is 0 Å². The van der Waals surface area contributed by atoms with Crippen LogP contribution in [0.3, 0.4) is 0 Å². The van der Waals surface area contributed by atoms with Gasteiger partial charge in [-0.2, -0.15) is 21.2 Å². The summed E-state index contributed by atoms with van der Waals surface area (Å²) in [6, 6.07) is 8.51. The third-order valence-electron chi connectivity index (χ3n) is 5.73. The maximum absolute atomic E-state index is 12.2. The van der Waals surface area contributed by atoms with Crippen LogP contribution in [-0.4, -0.2) is 85.2 Å². The van der Waals surface area contributed by atoms with Crippen LogP contribution in [0.4, 0.5) is 0 Å². The molecule has 6 N–H and O–H groups in total. The molecule has 0 aromatic heterocycles. The quantitative estimate of drug-likeness (QED) is 0.130. The van der Waals surface area contributed by atoms with Crippen molar-refractivity contribution in [2.24, 2.45) is 5.92 Å². The highest BCUT2D eigenvalue weighted by molar-refractivity contribution is 7.98. The van der Waals surface area contributed by atoms with E-state index >= 15 is 0 Å². The van der Waals surface area contributed by atoms with E-state index in [9.17, 15) is 36.0 Å². The van der Waals surface area contributed by atoms with Crippen LogP contribution in [0.5, 0.6) is 0 Å². The topological polar surface area (TPSA) is 242 Å². The second-order valence-corrected chi connectivity index (χ2v) is 14.3. The van der Waals surface area contributed by atoms with Gasteiger partial charge in [-0.15, -0.1) is 0 Å². The standard InChI is InChI=1S/C15H19NO6S.C14H17NO6S2/c1-10(2)9-13(15(19)20)16-23(21,22)12-6-3-11(4-7-12)5-8-14(17)18;1-22-9-8-12(14(18)19)15-23(20,21)11-5-2-10(3-6-11)4-7-13(16)17/h3-8,10,13,16H,9H2,1-2H3,(H,17,18)(H,19,20);2-7,12,15H,8-9H2,1H3,(H,16,17)(H,18,19)/b8-5+;7-4+/t13-;12-/m01/s1. The Balaban J connectivity index is 0.000000460. The summed E-state index contributed by atoms with van der Waals surface area (Å²) in [5.74, 6) is -4.16. The highest BCUT2D eigenvalue weighted by Crippen LogP contribution is 2.15. The SMILES string of the molecule is CC(C)C[C@H](NS(=O)(=O)c1ccc(/C=C/C(=O)O)cc1)C(=O)O.CSCC[C@@H](NS(=O)(=O)c1ccc(/C=C/C(=O)O)cc1)C(=O)O. The molecular formula is C29H36N2O12S3. The Morgan fingerprint density at radius 1 is 0.696 bits per heavy atom. The minimum absolute atomic E-state index is 0.0160. The summed E-state index contributed by atoms with van der Waals surface area (Å²) < 4.78 is 53.2. The average Bonchev–Trinajstić information content (AvgIpc) is 2.97. The molecule has 0 unspecified atom stereocenters. The summed E-state index contributed by atoms with van der Waals surface area (Å²) in [4.78, 5) is 42.9. The normalized spacial score (nSPS) is 13.2. The molecule has 2 rings (SSSR count). The predicted octanol–water partition coefficient (Wildman–Crippen LogP) is 2.83. The molecule has 0 saturated heterocycles. The lowest BCUT2D eigenvalue weighted by atomic mass is 10.1. The third kappa shape index (κ3) is 14.8. The third-order valence-corrected chi connectivity index (χ3v) is 9.35. The fourth-order valence-electron chi connectivity index (χ4n) is 3.50. The predicted molar refractivity (Wildman–Crippen MR) is 172 cm³/mol. The summed E-state index contributed by atoms with van der Waals surface area (Å²) in [5, 5.41) is 35.2. The van der Waals surface area contributed by atoms with Crippen molar-refractivity contribution in [1.82, 2.24) is 9.44 Å². The molecule has 0 saturated carbocycles. The van der Waals surface area contributed by atoms with E-state index in [1.54, 1.807) is 20.1 Å².